The number of rotatable bonds is 5. The summed E-state index contributed by atoms with van der Waals surface area (Å²) in [4.78, 5) is 12.1. The number of carbonyl (C=O) groups excluding carboxylic acids is 1. The fraction of sp³-hybridized carbons (Fsp3) is 0.412. The van der Waals surface area contributed by atoms with Crippen LogP contribution in [0.3, 0.4) is 0 Å². The Morgan fingerprint density at radius 3 is 2.38 bits per heavy atom. The summed E-state index contributed by atoms with van der Waals surface area (Å²) in [6.07, 6.45) is 0.0611. The van der Waals surface area contributed by atoms with Crippen LogP contribution in [0.25, 0.3) is 0 Å². The molecule has 0 bridgehead atoms. The summed E-state index contributed by atoms with van der Waals surface area (Å²) in [6, 6.07) is 2.55. The number of aromatic nitrogens is 1. The van der Waals surface area contributed by atoms with Crippen LogP contribution in [-0.2, 0) is 6.42 Å². The zero-order chi connectivity index (χ0) is 17.9. The third-order valence-corrected chi connectivity index (χ3v) is 3.82. The molecule has 2 aromatic rings. The quantitative estimate of drug-likeness (QED) is 0.876. The maximum absolute atomic E-state index is 13.6. The van der Waals surface area contributed by atoms with Crippen LogP contribution in [0.15, 0.2) is 22.7 Å². The molecule has 1 aromatic heterocycles. The smallest absolute Gasteiger partial charge is 0.315 e. The highest BCUT2D eigenvalue weighted by Gasteiger charge is 2.19. The van der Waals surface area contributed by atoms with Crippen molar-refractivity contribution < 1.29 is 18.1 Å². The van der Waals surface area contributed by atoms with Gasteiger partial charge in [0.2, 0.25) is 0 Å². The Balaban J connectivity index is 1.95. The van der Waals surface area contributed by atoms with Crippen molar-refractivity contribution in [2.45, 2.75) is 46.2 Å². The molecule has 2 atom stereocenters. The number of nitrogens with one attached hydrogen (secondary N) is 2. The molecule has 7 heteroatoms. The van der Waals surface area contributed by atoms with Crippen LogP contribution in [0.1, 0.15) is 42.5 Å². The molecule has 1 heterocycles. The standard InChI is InChI=1S/C17H21F2N3O2/c1-9(8-13-14(18)6-5-7-15(13)19)20-17(23)21-10(2)16-11(3)22-24-12(16)4/h5-7,9-10H,8H2,1-4H3,(H2,20,21,23)/t9-,10+/m1/s1. The minimum atomic E-state index is -0.617. The summed E-state index contributed by atoms with van der Waals surface area (Å²) in [6.45, 7) is 7.07. The van der Waals surface area contributed by atoms with E-state index in [4.69, 9.17) is 4.52 Å². The summed E-state index contributed by atoms with van der Waals surface area (Å²) in [7, 11) is 0. The van der Waals surface area contributed by atoms with Gasteiger partial charge in [-0.15, -0.1) is 0 Å². The van der Waals surface area contributed by atoms with E-state index in [0.717, 1.165) is 5.56 Å². The first kappa shape index (κ1) is 17.9. The molecule has 0 unspecified atom stereocenters. The van der Waals surface area contributed by atoms with Crippen molar-refractivity contribution in [1.29, 1.82) is 0 Å². The van der Waals surface area contributed by atoms with Crippen molar-refractivity contribution in [2.75, 3.05) is 0 Å². The monoisotopic (exact) mass is 337 g/mol. The number of aryl methyl sites for hydroxylation is 2. The molecule has 0 aliphatic heterocycles. The number of hydrogen-bond donors (Lipinski definition) is 2. The first-order chi connectivity index (χ1) is 11.3. The molecule has 0 aliphatic rings. The molecule has 2 amide bonds. The fourth-order valence-corrected chi connectivity index (χ4v) is 2.73. The Labute approximate surface area is 139 Å². The van der Waals surface area contributed by atoms with Gasteiger partial charge in [0.05, 0.1) is 11.7 Å². The second kappa shape index (κ2) is 7.42. The van der Waals surface area contributed by atoms with Crippen molar-refractivity contribution in [3.05, 3.63) is 52.4 Å². The molecule has 0 saturated carbocycles. The van der Waals surface area contributed by atoms with Gasteiger partial charge in [0, 0.05) is 17.2 Å². The largest absolute Gasteiger partial charge is 0.361 e. The van der Waals surface area contributed by atoms with Gasteiger partial charge in [-0.05, 0) is 46.2 Å². The zero-order valence-electron chi connectivity index (χ0n) is 14.1. The van der Waals surface area contributed by atoms with Crippen LogP contribution in [0.4, 0.5) is 13.6 Å². The number of amides is 2. The van der Waals surface area contributed by atoms with Crippen LogP contribution < -0.4 is 10.6 Å². The zero-order valence-corrected chi connectivity index (χ0v) is 14.1. The van der Waals surface area contributed by atoms with Crippen molar-refractivity contribution >= 4 is 6.03 Å². The predicted octanol–water partition coefficient (Wildman–Crippen LogP) is 3.56. The summed E-state index contributed by atoms with van der Waals surface area (Å²) in [5, 5.41) is 9.30. The number of halogens is 2. The van der Waals surface area contributed by atoms with E-state index in [-0.39, 0.29) is 18.0 Å². The third kappa shape index (κ3) is 4.10. The third-order valence-electron chi connectivity index (χ3n) is 3.82. The summed E-state index contributed by atoms with van der Waals surface area (Å²) >= 11 is 0. The second-order valence-corrected chi connectivity index (χ2v) is 5.88. The van der Waals surface area contributed by atoms with Crippen LogP contribution >= 0.6 is 0 Å². The maximum Gasteiger partial charge on any atom is 0.315 e. The lowest BCUT2D eigenvalue weighted by Crippen LogP contribution is -2.42. The van der Waals surface area contributed by atoms with Gasteiger partial charge < -0.3 is 15.2 Å². The van der Waals surface area contributed by atoms with E-state index in [1.54, 1.807) is 20.8 Å². The van der Waals surface area contributed by atoms with E-state index in [1.165, 1.54) is 18.2 Å². The first-order valence-electron chi connectivity index (χ1n) is 7.72. The van der Waals surface area contributed by atoms with Gasteiger partial charge in [-0.3, -0.25) is 0 Å². The van der Waals surface area contributed by atoms with E-state index < -0.39 is 23.7 Å². The van der Waals surface area contributed by atoms with E-state index in [2.05, 4.69) is 15.8 Å². The second-order valence-electron chi connectivity index (χ2n) is 5.88. The Bertz CT molecular complexity index is 691. The summed E-state index contributed by atoms with van der Waals surface area (Å²) in [5.41, 5.74) is 1.49. The number of benzene rings is 1. The molecule has 0 saturated heterocycles. The van der Waals surface area contributed by atoms with Gasteiger partial charge >= 0.3 is 6.03 Å². The summed E-state index contributed by atoms with van der Waals surface area (Å²) in [5.74, 6) is -0.594. The molecule has 1 aromatic carbocycles. The fourth-order valence-electron chi connectivity index (χ4n) is 2.73. The number of nitrogens with zero attached hydrogens (tertiary/aromatic N) is 1. The van der Waals surface area contributed by atoms with E-state index in [0.29, 0.717) is 11.5 Å². The molecule has 130 valence electrons. The first-order valence-corrected chi connectivity index (χ1v) is 7.72. The summed E-state index contributed by atoms with van der Waals surface area (Å²) < 4.78 is 32.4. The Morgan fingerprint density at radius 1 is 1.21 bits per heavy atom. The lowest BCUT2D eigenvalue weighted by atomic mass is 10.1. The van der Waals surface area contributed by atoms with Gasteiger partial charge in [0.15, 0.2) is 0 Å². The minimum Gasteiger partial charge on any atom is -0.361 e. The highest BCUT2D eigenvalue weighted by Crippen LogP contribution is 2.20. The van der Waals surface area contributed by atoms with Crippen molar-refractivity contribution in [3.63, 3.8) is 0 Å². The normalized spacial score (nSPS) is 13.4. The van der Waals surface area contributed by atoms with Crippen LogP contribution in [-0.4, -0.2) is 17.2 Å². The number of hydrogen-bond acceptors (Lipinski definition) is 3. The molecule has 24 heavy (non-hydrogen) atoms. The lowest BCUT2D eigenvalue weighted by molar-refractivity contribution is 0.234. The minimum absolute atomic E-state index is 0.0379. The molecule has 2 rings (SSSR count). The average molecular weight is 337 g/mol. The highest BCUT2D eigenvalue weighted by atomic mass is 19.1. The van der Waals surface area contributed by atoms with Gasteiger partial charge in [-0.1, -0.05) is 11.2 Å². The Hall–Kier alpha value is -2.44. The molecular weight excluding hydrogens is 316 g/mol. The van der Waals surface area contributed by atoms with Crippen molar-refractivity contribution in [2.24, 2.45) is 0 Å². The topological polar surface area (TPSA) is 67.2 Å². The number of carbonyl (C=O) groups is 1. The predicted molar refractivity (Wildman–Crippen MR) is 85.6 cm³/mol. The van der Waals surface area contributed by atoms with Crippen LogP contribution in [0, 0.1) is 25.5 Å². The molecule has 0 fully saturated rings. The molecule has 0 radical (unpaired) electrons. The van der Waals surface area contributed by atoms with Crippen molar-refractivity contribution in [1.82, 2.24) is 15.8 Å². The SMILES string of the molecule is Cc1noc(C)c1[C@H](C)NC(=O)N[C@H](C)Cc1c(F)cccc1F. The van der Waals surface area contributed by atoms with Gasteiger partial charge in [0.25, 0.3) is 0 Å². The molecule has 0 aliphatic carbocycles. The Kier molecular flexibility index (Phi) is 5.54. The van der Waals surface area contributed by atoms with E-state index in [9.17, 15) is 13.6 Å². The van der Waals surface area contributed by atoms with E-state index in [1.807, 2.05) is 6.92 Å². The van der Waals surface area contributed by atoms with Crippen LogP contribution in [0.5, 0.6) is 0 Å². The van der Waals surface area contributed by atoms with E-state index >= 15 is 0 Å². The van der Waals surface area contributed by atoms with Gasteiger partial charge in [-0.2, -0.15) is 0 Å². The highest BCUT2D eigenvalue weighted by molar-refractivity contribution is 5.74. The maximum atomic E-state index is 13.6. The molecular formula is C17H21F2N3O2. The Morgan fingerprint density at radius 2 is 1.83 bits per heavy atom. The van der Waals surface area contributed by atoms with Gasteiger partial charge in [-0.25, -0.2) is 13.6 Å². The van der Waals surface area contributed by atoms with Crippen LogP contribution in [0.2, 0.25) is 0 Å². The van der Waals surface area contributed by atoms with Gasteiger partial charge in [0.1, 0.15) is 17.4 Å². The van der Waals surface area contributed by atoms with Crippen molar-refractivity contribution in [3.8, 4) is 0 Å². The molecule has 0 spiro atoms. The number of urea groups is 1. The molecule has 2 N–H and O–H groups in total. The average Bonchev–Trinajstić information content (AvgIpc) is 2.82. The lowest BCUT2D eigenvalue weighted by Gasteiger charge is -2.18. The molecule has 5 nitrogen and oxygen atoms in total.